The molecule has 0 N–H and O–H groups in total. The molecule has 0 aliphatic carbocycles. The molecule has 0 amide bonds. The zero-order valence-electron chi connectivity index (χ0n) is 16.4. The Morgan fingerprint density at radius 1 is 1.04 bits per heavy atom. The van der Waals surface area contributed by atoms with Crippen LogP contribution in [0.1, 0.15) is 55.7 Å². The lowest BCUT2D eigenvalue weighted by atomic mass is 9.76. The van der Waals surface area contributed by atoms with Crippen molar-refractivity contribution in [3.05, 3.63) is 77.6 Å². The third-order valence-electron chi connectivity index (χ3n) is 5.36. The van der Waals surface area contributed by atoms with Gasteiger partial charge in [-0.15, -0.1) is 6.58 Å². The fraction of sp³-hybridized carbons (Fsp3) is 0.391. The minimum absolute atomic E-state index is 0.204. The molecular weight excluding hydrogens is 357 g/mol. The molecule has 144 valence electrons. The quantitative estimate of drug-likeness (QED) is 0.231. The topological polar surface area (TPSA) is 0 Å². The Bertz CT molecular complexity index is 730. The molecule has 0 saturated carbocycles. The van der Waals surface area contributed by atoms with Gasteiger partial charge in [-0.3, -0.25) is 0 Å². The van der Waals surface area contributed by atoms with E-state index in [2.05, 4.69) is 14.4 Å². The van der Waals surface area contributed by atoms with Crippen molar-refractivity contribution in [2.75, 3.05) is 0 Å². The summed E-state index contributed by atoms with van der Waals surface area (Å²) >= 11 is 0.210. The molecule has 0 fully saturated rings. The van der Waals surface area contributed by atoms with Crippen molar-refractivity contribution in [1.82, 2.24) is 0 Å². The van der Waals surface area contributed by atoms with E-state index < -0.39 is 5.41 Å². The minimum Gasteiger partial charge on any atom is -0.207 e. The van der Waals surface area contributed by atoms with Crippen molar-refractivity contribution in [2.24, 2.45) is 0 Å². The molecule has 2 aromatic rings. The van der Waals surface area contributed by atoms with Gasteiger partial charge >= 0.3 is 0 Å². The molecule has 0 heterocycles. The average molecular weight is 386 g/mol. The maximum Gasteiger partial charge on any atom is 0.127 e. The van der Waals surface area contributed by atoms with Gasteiger partial charge in [-0.2, -0.15) is 3.89 Å². The van der Waals surface area contributed by atoms with E-state index in [1.165, 1.54) is 32.0 Å². The van der Waals surface area contributed by atoms with Crippen molar-refractivity contribution < 1.29 is 8.28 Å². The smallest absolute Gasteiger partial charge is 0.127 e. The summed E-state index contributed by atoms with van der Waals surface area (Å²) in [5, 5.41) is 0. The van der Waals surface area contributed by atoms with E-state index in [-0.39, 0.29) is 18.0 Å². The van der Waals surface area contributed by atoms with Crippen LogP contribution in [0.4, 0.5) is 8.28 Å². The lowest BCUT2D eigenvalue weighted by molar-refractivity contribution is 0.571. The molecule has 0 spiro atoms. The first kappa shape index (κ1) is 21.8. The maximum absolute atomic E-state index is 14.9. The first-order chi connectivity index (χ1) is 13.0. The lowest BCUT2D eigenvalue weighted by Gasteiger charge is -2.28. The molecule has 0 radical (unpaired) electrons. The molecule has 2 aromatic carbocycles. The molecule has 1 atom stereocenters. The van der Waals surface area contributed by atoms with Crippen LogP contribution < -0.4 is 0 Å². The molecular formula is C23H29BF2S. The van der Waals surface area contributed by atoms with Gasteiger partial charge in [0.15, 0.2) is 0 Å². The van der Waals surface area contributed by atoms with Gasteiger partial charge in [0.25, 0.3) is 0 Å². The van der Waals surface area contributed by atoms with Crippen LogP contribution in [-0.4, -0.2) is 7.85 Å². The molecule has 4 heteroatoms. The highest BCUT2D eigenvalue weighted by Gasteiger charge is 2.28. The fourth-order valence-electron chi connectivity index (χ4n) is 3.48. The summed E-state index contributed by atoms with van der Waals surface area (Å²) in [5.41, 5.74) is 1.90. The van der Waals surface area contributed by atoms with Crippen molar-refractivity contribution in [3.8, 4) is 0 Å². The Balaban J connectivity index is 2.10. The Labute approximate surface area is 168 Å². The van der Waals surface area contributed by atoms with E-state index in [9.17, 15) is 8.28 Å². The van der Waals surface area contributed by atoms with Crippen LogP contribution in [0.25, 0.3) is 0 Å². The molecule has 0 saturated heterocycles. The molecule has 0 aliphatic rings. The van der Waals surface area contributed by atoms with E-state index >= 15 is 0 Å². The highest BCUT2D eigenvalue weighted by atomic mass is 32.2. The van der Waals surface area contributed by atoms with Crippen molar-refractivity contribution in [2.45, 2.75) is 62.1 Å². The van der Waals surface area contributed by atoms with E-state index in [0.717, 1.165) is 24.0 Å². The van der Waals surface area contributed by atoms with Crippen LogP contribution in [0, 0.1) is 5.82 Å². The lowest BCUT2D eigenvalue weighted by Crippen LogP contribution is -2.22. The first-order valence-electron chi connectivity index (χ1n) is 9.86. The van der Waals surface area contributed by atoms with Gasteiger partial charge < -0.3 is 0 Å². The summed E-state index contributed by atoms with van der Waals surface area (Å²) in [7, 11) is 2.22. The number of halogens is 2. The van der Waals surface area contributed by atoms with Crippen LogP contribution in [0.5, 0.6) is 0 Å². The third kappa shape index (κ3) is 5.71. The van der Waals surface area contributed by atoms with E-state index in [1.54, 1.807) is 24.3 Å². The summed E-state index contributed by atoms with van der Waals surface area (Å²) in [5.74, 6) is -0.204. The molecule has 27 heavy (non-hydrogen) atoms. The number of benzene rings is 2. The van der Waals surface area contributed by atoms with Crippen LogP contribution in [0.3, 0.4) is 0 Å². The predicted molar refractivity (Wildman–Crippen MR) is 117 cm³/mol. The molecule has 1 unspecified atom stereocenters. The summed E-state index contributed by atoms with van der Waals surface area (Å²) < 4.78 is 27.6. The predicted octanol–water partition coefficient (Wildman–Crippen LogP) is 6.84. The molecule has 0 aliphatic heterocycles. The number of aryl methyl sites for hydroxylation is 1. The number of hydrogen-bond donors (Lipinski definition) is 0. The zero-order chi connectivity index (χ0) is 19.7. The molecule has 2 rings (SSSR count). The van der Waals surface area contributed by atoms with Gasteiger partial charge in [-0.05, 0) is 49.1 Å². The molecule has 0 aromatic heterocycles. The number of allylic oxidation sites excluding steroid dienone is 1. The highest BCUT2D eigenvalue weighted by Crippen LogP contribution is 2.36. The Kier molecular flexibility index (Phi) is 8.62. The Hall–Kier alpha value is -1.55. The third-order valence-corrected chi connectivity index (χ3v) is 5.81. The van der Waals surface area contributed by atoms with Crippen LogP contribution in [0.2, 0.25) is 6.32 Å². The summed E-state index contributed by atoms with van der Waals surface area (Å²) in [6.07, 6.45) is 10.1. The van der Waals surface area contributed by atoms with Crippen molar-refractivity contribution in [1.29, 1.82) is 0 Å². The van der Waals surface area contributed by atoms with E-state index in [0.29, 0.717) is 10.5 Å². The first-order valence-corrected chi connectivity index (χ1v) is 10.6. The number of unbranched alkanes of at least 4 members (excludes halogenated alkanes) is 4. The van der Waals surface area contributed by atoms with Gasteiger partial charge in [0, 0.05) is 15.9 Å². The Morgan fingerprint density at radius 3 is 2.30 bits per heavy atom. The second-order valence-electron chi connectivity index (χ2n) is 7.34. The molecule has 0 bridgehead atoms. The zero-order valence-corrected chi connectivity index (χ0v) is 17.3. The normalized spacial score (nSPS) is 13.3. The minimum atomic E-state index is -0.651. The summed E-state index contributed by atoms with van der Waals surface area (Å²) in [6, 6.07) is 12.7. The average Bonchev–Trinajstić information content (AvgIpc) is 2.70. The van der Waals surface area contributed by atoms with Gasteiger partial charge in [0.05, 0.1) is 12.1 Å². The van der Waals surface area contributed by atoms with E-state index in [1.807, 2.05) is 31.2 Å². The molecule has 0 nitrogen and oxygen atoms in total. The maximum atomic E-state index is 14.9. The number of hydrogen-bond acceptors (Lipinski definition) is 1. The SMILES string of the molecule is BCCCCCCCc1ccc(C(C)(C=C)c2ccc(SF)cc2)c(F)c1. The fourth-order valence-corrected chi connectivity index (χ4v) is 3.72. The van der Waals surface area contributed by atoms with Crippen molar-refractivity contribution >= 4 is 20.0 Å². The van der Waals surface area contributed by atoms with Gasteiger partial charge in [-0.1, -0.05) is 62.3 Å². The highest BCUT2D eigenvalue weighted by molar-refractivity contribution is 7.94. The monoisotopic (exact) mass is 386 g/mol. The van der Waals surface area contributed by atoms with Crippen LogP contribution >= 0.6 is 12.1 Å². The standard InChI is InChI=1S/C23H29BF2S/c1-3-23(2,19-11-13-20(27-26)14-12-19)21-15-10-18(17-22(21)25)9-7-5-4-6-8-16-24/h3,10-15,17H,1,4-9,16,24H2,2H3. The number of rotatable bonds is 11. The Morgan fingerprint density at radius 2 is 1.70 bits per heavy atom. The summed E-state index contributed by atoms with van der Waals surface area (Å²) in [6.45, 7) is 5.88. The van der Waals surface area contributed by atoms with Gasteiger partial charge in [0.2, 0.25) is 0 Å². The second-order valence-corrected chi connectivity index (χ2v) is 7.97. The van der Waals surface area contributed by atoms with Gasteiger partial charge in [-0.25, -0.2) is 4.39 Å². The van der Waals surface area contributed by atoms with Crippen LogP contribution in [0.15, 0.2) is 60.0 Å². The summed E-state index contributed by atoms with van der Waals surface area (Å²) in [4.78, 5) is 0.542. The van der Waals surface area contributed by atoms with Gasteiger partial charge in [0.1, 0.15) is 13.7 Å². The van der Waals surface area contributed by atoms with Crippen molar-refractivity contribution in [3.63, 3.8) is 0 Å². The van der Waals surface area contributed by atoms with E-state index in [4.69, 9.17) is 0 Å². The largest absolute Gasteiger partial charge is 0.207 e. The van der Waals surface area contributed by atoms with Crippen LogP contribution in [-0.2, 0) is 11.8 Å². The second kappa shape index (κ2) is 10.7.